The molecule has 0 radical (unpaired) electrons. The number of aromatic nitrogens is 2. The number of anilines is 2. The molecule has 0 aliphatic rings. The molecule has 21 heavy (non-hydrogen) atoms. The topological polar surface area (TPSA) is 59.1 Å². The van der Waals surface area contributed by atoms with E-state index in [1.54, 1.807) is 13.3 Å². The molecule has 0 spiro atoms. The van der Waals surface area contributed by atoms with Gasteiger partial charge in [-0.05, 0) is 38.0 Å². The fraction of sp³-hybridized carbons (Fsp3) is 0.375. The minimum Gasteiger partial charge on any atom is -0.496 e. The van der Waals surface area contributed by atoms with Crippen molar-refractivity contribution in [2.24, 2.45) is 0 Å². The summed E-state index contributed by atoms with van der Waals surface area (Å²) in [6.07, 6.45) is 2.63. The first-order chi connectivity index (χ1) is 10.2. The fourth-order valence-corrected chi connectivity index (χ4v) is 2.02. The zero-order valence-corrected chi connectivity index (χ0v) is 12.8. The second-order valence-electron chi connectivity index (χ2n) is 5.05. The van der Waals surface area contributed by atoms with Crippen LogP contribution in [0, 0.1) is 0 Å². The summed E-state index contributed by atoms with van der Waals surface area (Å²) < 4.78 is 5.35. The summed E-state index contributed by atoms with van der Waals surface area (Å²) in [7, 11) is 1.69. The van der Waals surface area contributed by atoms with Gasteiger partial charge in [-0.2, -0.15) is 4.98 Å². The number of hydrogen-bond acceptors (Lipinski definition) is 5. The Labute approximate surface area is 125 Å². The third kappa shape index (κ3) is 4.63. The second-order valence-corrected chi connectivity index (χ2v) is 5.05. The third-order valence-electron chi connectivity index (χ3n) is 2.97. The predicted octanol–water partition coefficient (Wildman–Crippen LogP) is 2.96. The largest absolute Gasteiger partial charge is 0.496 e. The van der Waals surface area contributed by atoms with Gasteiger partial charge in [0.05, 0.1) is 7.11 Å². The molecule has 2 N–H and O–H groups in total. The molecule has 0 aliphatic heterocycles. The van der Waals surface area contributed by atoms with E-state index in [0.717, 1.165) is 24.5 Å². The zero-order chi connectivity index (χ0) is 15.1. The smallest absolute Gasteiger partial charge is 0.224 e. The Morgan fingerprint density at radius 2 is 2.00 bits per heavy atom. The Morgan fingerprint density at radius 1 is 1.19 bits per heavy atom. The van der Waals surface area contributed by atoms with Crippen LogP contribution in [0.3, 0.4) is 0 Å². The number of para-hydroxylation sites is 1. The van der Waals surface area contributed by atoms with E-state index in [0.29, 0.717) is 12.0 Å². The highest BCUT2D eigenvalue weighted by molar-refractivity contribution is 5.40. The van der Waals surface area contributed by atoms with Crippen LogP contribution in [0.4, 0.5) is 11.8 Å². The number of methoxy groups -OCH3 is 1. The van der Waals surface area contributed by atoms with Gasteiger partial charge in [-0.25, -0.2) is 4.98 Å². The lowest BCUT2D eigenvalue weighted by molar-refractivity contribution is 0.410. The summed E-state index contributed by atoms with van der Waals surface area (Å²) in [5, 5.41) is 6.50. The van der Waals surface area contributed by atoms with Crippen molar-refractivity contribution < 1.29 is 4.74 Å². The lowest BCUT2D eigenvalue weighted by Gasteiger charge is -2.11. The van der Waals surface area contributed by atoms with Crippen LogP contribution in [-0.2, 0) is 6.42 Å². The Hall–Kier alpha value is -2.30. The van der Waals surface area contributed by atoms with Crippen molar-refractivity contribution in [1.29, 1.82) is 0 Å². The number of nitrogens with zero attached hydrogens (tertiary/aromatic N) is 2. The number of hydrogen-bond donors (Lipinski definition) is 2. The predicted molar refractivity (Wildman–Crippen MR) is 86.0 cm³/mol. The maximum atomic E-state index is 5.35. The van der Waals surface area contributed by atoms with Crippen molar-refractivity contribution in [3.63, 3.8) is 0 Å². The van der Waals surface area contributed by atoms with Crippen molar-refractivity contribution in [2.45, 2.75) is 26.3 Å². The van der Waals surface area contributed by atoms with Crippen LogP contribution < -0.4 is 15.4 Å². The van der Waals surface area contributed by atoms with Gasteiger partial charge in [0.25, 0.3) is 0 Å². The molecule has 0 bridgehead atoms. The number of benzene rings is 1. The van der Waals surface area contributed by atoms with Gasteiger partial charge in [0, 0.05) is 18.8 Å². The van der Waals surface area contributed by atoms with E-state index in [1.165, 1.54) is 5.56 Å². The van der Waals surface area contributed by atoms with E-state index in [2.05, 4.69) is 40.5 Å². The maximum absolute atomic E-state index is 5.35. The summed E-state index contributed by atoms with van der Waals surface area (Å²) in [5.41, 5.74) is 1.18. The second kappa shape index (κ2) is 7.47. The molecule has 2 rings (SSSR count). The molecule has 0 saturated heterocycles. The first-order valence-corrected chi connectivity index (χ1v) is 7.14. The monoisotopic (exact) mass is 286 g/mol. The van der Waals surface area contributed by atoms with Crippen LogP contribution in [0.15, 0.2) is 36.5 Å². The van der Waals surface area contributed by atoms with Crippen molar-refractivity contribution >= 4 is 11.8 Å². The minimum atomic E-state index is 0.314. The van der Waals surface area contributed by atoms with Gasteiger partial charge in [0.15, 0.2) is 0 Å². The fourth-order valence-electron chi connectivity index (χ4n) is 2.02. The average molecular weight is 286 g/mol. The van der Waals surface area contributed by atoms with Gasteiger partial charge in [-0.1, -0.05) is 18.2 Å². The van der Waals surface area contributed by atoms with Crippen LogP contribution >= 0.6 is 0 Å². The Balaban J connectivity index is 1.91. The van der Waals surface area contributed by atoms with Crippen molar-refractivity contribution in [1.82, 2.24) is 9.97 Å². The van der Waals surface area contributed by atoms with Gasteiger partial charge in [0.1, 0.15) is 11.6 Å². The van der Waals surface area contributed by atoms with Crippen molar-refractivity contribution in [3.8, 4) is 5.75 Å². The van der Waals surface area contributed by atoms with Crippen LogP contribution in [-0.4, -0.2) is 29.7 Å². The van der Waals surface area contributed by atoms with Gasteiger partial charge in [-0.15, -0.1) is 0 Å². The van der Waals surface area contributed by atoms with E-state index in [4.69, 9.17) is 4.74 Å². The number of ether oxygens (including phenoxy) is 1. The van der Waals surface area contributed by atoms with Gasteiger partial charge in [0.2, 0.25) is 5.95 Å². The number of rotatable bonds is 7. The normalized spacial score (nSPS) is 10.5. The molecule has 1 aromatic carbocycles. The highest BCUT2D eigenvalue weighted by Crippen LogP contribution is 2.17. The molecule has 0 atom stereocenters. The molecule has 0 amide bonds. The molecule has 5 nitrogen and oxygen atoms in total. The molecule has 0 fully saturated rings. The summed E-state index contributed by atoms with van der Waals surface area (Å²) in [5.74, 6) is 2.39. The van der Waals surface area contributed by atoms with Gasteiger partial charge >= 0.3 is 0 Å². The SMILES string of the molecule is COc1ccccc1CCNc1ccnc(NC(C)C)n1. The standard InChI is InChI=1S/C16H22N4O/c1-12(2)19-16-18-11-9-15(20-16)17-10-8-13-6-4-5-7-14(13)21-3/h4-7,9,11-12H,8,10H2,1-3H3,(H2,17,18,19,20). The Morgan fingerprint density at radius 3 is 2.76 bits per heavy atom. The molecule has 5 heteroatoms. The molecule has 0 unspecified atom stereocenters. The molecule has 2 aromatic rings. The molecule has 0 saturated carbocycles. The van der Waals surface area contributed by atoms with Gasteiger partial charge in [-0.3, -0.25) is 0 Å². The molecule has 0 aliphatic carbocycles. The molecule has 112 valence electrons. The highest BCUT2D eigenvalue weighted by atomic mass is 16.5. The third-order valence-corrected chi connectivity index (χ3v) is 2.97. The van der Waals surface area contributed by atoms with E-state index in [9.17, 15) is 0 Å². The van der Waals surface area contributed by atoms with E-state index >= 15 is 0 Å². The molecular formula is C16H22N4O. The molecule has 1 heterocycles. The summed E-state index contributed by atoms with van der Waals surface area (Å²) in [4.78, 5) is 8.61. The maximum Gasteiger partial charge on any atom is 0.224 e. The summed E-state index contributed by atoms with van der Waals surface area (Å²) in [6.45, 7) is 4.91. The van der Waals surface area contributed by atoms with E-state index in [1.807, 2.05) is 24.3 Å². The van der Waals surface area contributed by atoms with Crippen molar-refractivity contribution in [3.05, 3.63) is 42.1 Å². The Kier molecular flexibility index (Phi) is 5.37. The van der Waals surface area contributed by atoms with Gasteiger partial charge < -0.3 is 15.4 Å². The lowest BCUT2D eigenvalue weighted by atomic mass is 10.1. The summed E-state index contributed by atoms with van der Waals surface area (Å²) in [6, 6.07) is 10.2. The highest BCUT2D eigenvalue weighted by Gasteiger charge is 2.03. The first-order valence-electron chi connectivity index (χ1n) is 7.14. The quantitative estimate of drug-likeness (QED) is 0.819. The molecule has 1 aromatic heterocycles. The minimum absolute atomic E-state index is 0.314. The van der Waals surface area contributed by atoms with Crippen LogP contribution in [0.2, 0.25) is 0 Å². The summed E-state index contributed by atoms with van der Waals surface area (Å²) >= 11 is 0. The Bertz CT molecular complexity index is 572. The van der Waals surface area contributed by atoms with E-state index < -0.39 is 0 Å². The van der Waals surface area contributed by atoms with Crippen LogP contribution in [0.5, 0.6) is 5.75 Å². The van der Waals surface area contributed by atoms with Crippen molar-refractivity contribution in [2.75, 3.05) is 24.3 Å². The average Bonchev–Trinajstić information content (AvgIpc) is 2.47. The first kappa shape index (κ1) is 15.1. The molecular weight excluding hydrogens is 264 g/mol. The zero-order valence-electron chi connectivity index (χ0n) is 12.8. The van der Waals surface area contributed by atoms with E-state index in [-0.39, 0.29) is 0 Å². The van der Waals surface area contributed by atoms with Crippen LogP contribution in [0.25, 0.3) is 0 Å². The lowest BCUT2D eigenvalue weighted by Crippen LogP contribution is -2.14. The number of nitrogens with one attached hydrogen (secondary N) is 2. The van der Waals surface area contributed by atoms with Crippen LogP contribution in [0.1, 0.15) is 19.4 Å².